The van der Waals surface area contributed by atoms with Crippen LogP contribution in [0.3, 0.4) is 0 Å². The van der Waals surface area contributed by atoms with Crippen LogP contribution in [0.5, 0.6) is 0 Å². The summed E-state index contributed by atoms with van der Waals surface area (Å²) in [4.78, 5) is 14.6. The second-order valence-electron chi connectivity index (χ2n) is 6.07. The third-order valence-electron chi connectivity index (χ3n) is 4.37. The van der Waals surface area contributed by atoms with Crippen LogP contribution in [0.1, 0.15) is 48.6 Å². The van der Waals surface area contributed by atoms with Crippen LogP contribution >= 0.6 is 0 Å². The van der Waals surface area contributed by atoms with E-state index in [0.29, 0.717) is 17.6 Å². The van der Waals surface area contributed by atoms with Gasteiger partial charge in [0, 0.05) is 31.9 Å². The predicted molar refractivity (Wildman–Crippen MR) is 77.4 cm³/mol. The number of hydrogen-bond acceptors (Lipinski definition) is 3. The van der Waals surface area contributed by atoms with E-state index in [2.05, 4.69) is 0 Å². The topological polar surface area (TPSA) is 71.5 Å². The van der Waals surface area contributed by atoms with Gasteiger partial charge in [-0.3, -0.25) is 4.79 Å². The Morgan fingerprint density at radius 1 is 1.40 bits per heavy atom. The number of piperidine rings is 1. The van der Waals surface area contributed by atoms with Crippen LogP contribution in [0, 0.1) is 5.92 Å². The lowest BCUT2D eigenvalue weighted by atomic mass is 9.95. The van der Waals surface area contributed by atoms with E-state index >= 15 is 0 Å². The summed E-state index contributed by atoms with van der Waals surface area (Å²) in [6, 6.07) is 2.26. The molecule has 1 saturated carbocycles. The lowest BCUT2D eigenvalue weighted by Crippen LogP contribution is -2.40. The summed E-state index contributed by atoms with van der Waals surface area (Å²) >= 11 is 0. The molecule has 1 aromatic rings. The second-order valence-corrected chi connectivity index (χ2v) is 6.07. The van der Waals surface area contributed by atoms with Crippen molar-refractivity contribution in [3.63, 3.8) is 0 Å². The van der Waals surface area contributed by atoms with Crippen molar-refractivity contribution in [3.8, 4) is 0 Å². The number of hydrogen-bond donors (Lipinski definition) is 2. The van der Waals surface area contributed by atoms with E-state index in [1.165, 1.54) is 0 Å². The lowest BCUT2D eigenvalue weighted by molar-refractivity contribution is 0.0642. The van der Waals surface area contributed by atoms with E-state index in [-0.39, 0.29) is 12.5 Å². The Labute approximate surface area is 119 Å². The zero-order valence-corrected chi connectivity index (χ0v) is 11.8. The molecule has 1 unspecified atom stereocenters. The molecule has 1 amide bonds. The van der Waals surface area contributed by atoms with Gasteiger partial charge in [0.1, 0.15) is 5.69 Å². The average Bonchev–Trinajstić information content (AvgIpc) is 3.21. The Morgan fingerprint density at radius 2 is 2.20 bits per heavy atom. The van der Waals surface area contributed by atoms with Crippen molar-refractivity contribution in [2.45, 2.75) is 38.1 Å². The maximum absolute atomic E-state index is 12.7. The molecular weight excluding hydrogens is 254 g/mol. The van der Waals surface area contributed by atoms with Crippen LogP contribution in [0.15, 0.2) is 12.3 Å². The minimum Gasteiger partial charge on any atom is -0.397 e. The van der Waals surface area contributed by atoms with E-state index in [4.69, 9.17) is 10.8 Å². The molecule has 110 valence electrons. The monoisotopic (exact) mass is 277 g/mol. The molecule has 1 saturated heterocycles. The first kappa shape index (κ1) is 13.5. The molecule has 3 rings (SSSR count). The van der Waals surface area contributed by atoms with Gasteiger partial charge in [-0.2, -0.15) is 0 Å². The van der Waals surface area contributed by atoms with Crippen molar-refractivity contribution < 1.29 is 9.90 Å². The lowest BCUT2D eigenvalue weighted by Gasteiger charge is -2.32. The first-order chi connectivity index (χ1) is 9.69. The third-order valence-corrected chi connectivity index (χ3v) is 4.37. The largest absolute Gasteiger partial charge is 0.397 e. The van der Waals surface area contributed by atoms with Gasteiger partial charge in [0.25, 0.3) is 5.91 Å². The van der Waals surface area contributed by atoms with Crippen LogP contribution in [0.2, 0.25) is 0 Å². The van der Waals surface area contributed by atoms with Crippen molar-refractivity contribution >= 4 is 11.6 Å². The van der Waals surface area contributed by atoms with Gasteiger partial charge in [0.15, 0.2) is 0 Å². The number of amides is 1. The van der Waals surface area contributed by atoms with Gasteiger partial charge in [-0.15, -0.1) is 0 Å². The Morgan fingerprint density at radius 3 is 2.90 bits per heavy atom. The molecule has 1 aliphatic carbocycles. The molecular formula is C15H23N3O2. The van der Waals surface area contributed by atoms with Crippen molar-refractivity contribution in [2.24, 2.45) is 5.92 Å². The van der Waals surface area contributed by atoms with Gasteiger partial charge in [-0.05, 0) is 44.1 Å². The number of aliphatic hydroxyl groups excluding tert-OH is 1. The highest BCUT2D eigenvalue weighted by Crippen LogP contribution is 2.37. The number of rotatable bonds is 4. The average molecular weight is 277 g/mol. The number of aliphatic hydroxyl groups is 1. The Balaban J connectivity index is 1.74. The Hall–Kier alpha value is -1.49. The van der Waals surface area contributed by atoms with Crippen molar-refractivity contribution in [1.82, 2.24) is 9.47 Å². The van der Waals surface area contributed by atoms with Crippen LogP contribution < -0.4 is 5.73 Å². The minimum atomic E-state index is 0.0937. The molecule has 20 heavy (non-hydrogen) atoms. The third kappa shape index (κ3) is 2.68. The standard InChI is InChI=1S/C15H23N3O2/c16-12-8-14(18(10-12)13-3-4-13)15(20)17-6-1-2-11(9-17)5-7-19/h8,10-11,13,19H,1-7,9,16H2. The van der Waals surface area contributed by atoms with Gasteiger partial charge < -0.3 is 20.3 Å². The number of carbonyl (C=O) groups is 1. The van der Waals surface area contributed by atoms with Crippen molar-refractivity contribution in [2.75, 3.05) is 25.4 Å². The van der Waals surface area contributed by atoms with Gasteiger partial charge in [0.05, 0.1) is 5.69 Å². The number of aromatic nitrogens is 1. The molecule has 3 N–H and O–H groups in total. The molecule has 0 radical (unpaired) electrons. The van der Waals surface area contributed by atoms with Crippen LogP contribution in [-0.4, -0.2) is 40.2 Å². The number of nitrogens with two attached hydrogens (primary N) is 1. The highest BCUT2D eigenvalue weighted by molar-refractivity contribution is 5.94. The SMILES string of the molecule is Nc1cc(C(=O)N2CCCC(CCO)C2)n(C2CC2)c1. The van der Waals surface area contributed by atoms with E-state index < -0.39 is 0 Å². The number of anilines is 1. The highest BCUT2D eigenvalue weighted by atomic mass is 16.3. The molecule has 2 fully saturated rings. The van der Waals surface area contributed by atoms with E-state index in [1.807, 2.05) is 15.7 Å². The molecule has 5 nitrogen and oxygen atoms in total. The fraction of sp³-hybridized carbons (Fsp3) is 0.667. The molecule has 1 aromatic heterocycles. The first-order valence-corrected chi connectivity index (χ1v) is 7.56. The Kier molecular flexibility index (Phi) is 3.70. The number of nitrogen functional groups attached to an aromatic ring is 1. The number of carbonyl (C=O) groups excluding carboxylic acids is 1. The van der Waals surface area contributed by atoms with Crippen LogP contribution in [0.4, 0.5) is 5.69 Å². The van der Waals surface area contributed by atoms with Crippen LogP contribution in [0.25, 0.3) is 0 Å². The first-order valence-electron chi connectivity index (χ1n) is 7.56. The van der Waals surface area contributed by atoms with Gasteiger partial charge >= 0.3 is 0 Å². The Bertz CT molecular complexity index is 491. The van der Waals surface area contributed by atoms with Gasteiger partial charge in [-0.25, -0.2) is 0 Å². The van der Waals surface area contributed by atoms with Gasteiger partial charge in [0.2, 0.25) is 0 Å². The van der Waals surface area contributed by atoms with Crippen molar-refractivity contribution in [3.05, 3.63) is 18.0 Å². The van der Waals surface area contributed by atoms with E-state index in [9.17, 15) is 4.79 Å². The summed E-state index contributed by atoms with van der Waals surface area (Å²) in [7, 11) is 0. The number of nitrogens with zero attached hydrogens (tertiary/aromatic N) is 2. The van der Waals surface area contributed by atoms with E-state index in [0.717, 1.165) is 50.9 Å². The normalized spacial score (nSPS) is 23.1. The number of likely N-dealkylation sites (tertiary alicyclic amines) is 1. The maximum Gasteiger partial charge on any atom is 0.270 e. The smallest absolute Gasteiger partial charge is 0.270 e. The van der Waals surface area contributed by atoms with Gasteiger partial charge in [-0.1, -0.05) is 0 Å². The predicted octanol–water partition coefficient (Wildman–Crippen LogP) is 1.64. The fourth-order valence-corrected chi connectivity index (χ4v) is 3.16. The zero-order chi connectivity index (χ0) is 14.1. The van der Waals surface area contributed by atoms with Crippen molar-refractivity contribution in [1.29, 1.82) is 0 Å². The summed E-state index contributed by atoms with van der Waals surface area (Å²) in [5.41, 5.74) is 7.26. The zero-order valence-electron chi connectivity index (χ0n) is 11.8. The highest BCUT2D eigenvalue weighted by Gasteiger charge is 2.31. The molecule has 1 aliphatic heterocycles. The summed E-state index contributed by atoms with van der Waals surface area (Å²) in [6.07, 6.45) is 7.09. The summed E-state index contributed by atoms with van der Waals surface area (Å²) in [6.45, 7) is 1.78. The summed E-state index contributed by atoms with van der Waals surface area (Å²) in [5, 5.41) is 9.06. The van der Waals surface area contributed by atoms with Crippen LogP contribution in [-0.2, 0) is 0 Å². The molecule has 1 atom stereocenters. The molecule has 0 spiro atoms. The molecule has 0 bridgehead atoms. The molecule has 2 heterocycles. The molecule has 5 heteroatoms. The fourth-order valence-electron chi connectivity index (χ4n) is 3.16. The summed E-state index contributed by atoms with van der Waals surface area (Å²) < 4.78 is 2.05. The summed E-state index contributed by atoms with van der Waals surface area (Å²) in [5.74, 6) is 0.524. The molecule has 0 aromatic carbocycles. The second kappa shape index (κ2) is 5.48. The quantitative estimate of drug-likeness (QED) is 0.879. The van der Waals surface area contributed by atoms with E-state index in [1.54, 1.807) is 6.07 Å². The minimum absolute atomic E-state index is 0.0937. The maximum atomic E-state index is 12.7. The molecule has 2 aliphatic rings.